The third-order valence-electron chi connectivity index (χ3n) is 5.11. The molecule has 2 atom stereocenters. The zero-order valence-corrected chi connectivity index (χ0v) is 14.0. The highest BCUT2D eigenvalue weighted by molar-refractivity contribution is 5.80. The number of carbonyl (C=O) groups is 1. The van der Waals surface area contributed by atoms with E-state index in [1.807, 2.05) is 6.92 Å². The second kappa shape index (κ2) is 7.59. The molecule has 0 radical (unpaired) electrons. The van der Waals surface area contributed by atoms with Crippen molar-refractivity contribution < 1.29 is 9.53 Å². The minimum Gasteiger partial charge on any atom is -0.468 e. The van der Waals surface area contributed by atoms with E-state index in [2.05, 4.69) is 17.1 Å². The van der Waals surface area contributed by atoms with Crippen LogP contribution in [0.4, 0.5) is 0 Å². The first-order valence-corrected chi connectivity index (χ1v) is 8.69. The third-order valence-corrected chi connectivity index (χ3v) is 5.11. The smallest absolute Gasteiger partial charge is 0.325 e. The van der Waals surface area contributed by atoms with Gasteiger partial charge in [0.05, 0.1) is 7.11 Å². The molecule has 0 aromatic rings. The quantitative estimate of drug-likeness (QED) is 0.734. The standard InChI is InChI=1S/C17H32N2O2/c1-4-15-8-6-5-7-12-19(15)13-11-17(2,16(20)21-3)18-14-9-10-14/h14-15,18H,4-13H2,1-3H3. The Morgan fingerprint density at radius 3 is 2.67 bits per heavy atom. The highest BCUT2D eigenvalue weighted by Gasteiger charge is 2.39. The zero-order chi connectivity index (χ0) is 15.3. The van der Waals surface area contributed by atoms with Crippen molar-refractivity contribution in [3.05, 3.63) is 0 Å². The predicted molar refractivity (Wildman–Crippen MR) is 85.3 cm³/mol. The van der Waals surface area contributed by atoms with Crippen LogP contribution < -0.4 is 5.32 Å². The van der Waals surface area contributed by atoms with Crippen molar-refractivity contribution in [2.75, 3.05) is 20.2 Å². The molecule has 1 saturated heterocycles. The number of methoxy groups -OCH3 is 1. The molecule has 0 bridgehead atoms. The maximum atomic E-state index is 12.2. The Balaban J connectivity index is 1.93. The first-order chi connectivity index (χ1) is 10.1. The molecule has 0 aromatic heterocycles. The van der Waals surface area contributed by atoms with Crippen molar-refractivity contribution in [1.82, 2.24) is 10.2 Å². The maximum absolute atomic E-state index is 12.2. The van der Waals surface area contributed by atoms with Gasteiger partial charge in [-0.15, -0.1) is 0 Å². The SMILES string of the molecule is CCC1CCCCCN1CCC(C)(NC1CC1)C(=O)OC. The summed E-state index contributed by atoms with van der Waals surface area (Å²) in [5, 5.41) is 3.50. The number of likely N-dealkylation sites (tertiary alicyclic amines) is 1. The van der Waals surface area contributed by atoms with Gasteiger partial charge in [0, 0.05) is 18.6 Å². The Hall–Kier alpha value is -0.610. The second-order valence-electron chi connectivity index (χ2n) is 6.94. The minimum atomic E-state index is -0.527. The first-order valence-electron chi connectivity index (χ1n) is 8.69. The highest BCUT2D eigenvalue weighted by Crippen LogP contribution is 2.26. The van der Waals surface area contributed by atoms with E-state index in [1.165, 1.54) is 58.6 Å². The van der Waals surface area contributed by atoms with E-state index in [9.17, 15) is 4.79 Å². The van der Waals surface area contributed by atoms with Gasteiger partial charge in [0.25, 0.3) is 0 Å². The second-order valence-corrected chi connectivity index (χ2v) is 6.94. The fourth-order valence-corrected chi connectivity index (χ4v) is 3.50. The maximum Gasteiger partial charge on any atom is 0.325 e. The Labute approximate surface area is 129 Å². The van der Waals surface area contributed by atoms with E-state index < -0.39 is 5.54 Å². The molecule has 122 valence electrons. The Kier molecular flexibility index (Phi) is 6.06. The van der Waals surface area contributed by atoms with E-state index in [1.54, 1.807) is 0 Å². The molecule has 0 spiro atoms. The lowest BCUT2D eigenvalue weighted by molar-refractivity contribution is -0.148. The number of rotatable bonds is 7. The Morgan fingerprint density at radius 2 is 2.05 bits per heavy atom. The molecule has 4 heteroatoms. The monoisotopic (exact) mass is 296 g/mol. The molecule has 2 rings (SSSR count). The van der Waals surface area contributed by atoms with Crippen LogP contribution in [0.3, 0.4) is 0 Å². The van der Waals surface area contributed by atoms with Crippen LogP contribution in [-0.4, -0.2) is 48.7 Å². The lowest BCUT2D eigenvalue weighted by Gasteiger charge is -2.34. The number of esters is 1. The molecular weight excluding hydrogens is 264 g/mol. The molecule has 4 nitrogen and oxygen atoms in total. The summed E-state index contributed by atoms with van der Waals surface area (Å²) in [4.78, 5) is 14.8. The van der Waals surface area contributed by atoms with Crippen LogP contribution in [-0.2, 0) is 9.53 Å². The molecule has 1 aliphatic heterocycles. The molecule has 2 aliphatic rings. The fraction of sp³-hybridized carbons (Fsp3) is 0.941. The summed E-state index contributed by atoms with van der Waals surface area (Å²) in [5.74, 6) is -0.114. The largest absolute Gasteiger partial charge is 0.468 e. The average Bonchev–Trinajstić information content (AvgIpc) is 3.30. The van der Waals surface area contributed by atoms with Crippen LogP contribution in [0.2, 0.25) is 0 Å². The lowest BCUT2D eigenvalue weighted by Crippen LogP contribution is -2.53. The number of ether oxygens (including phenoxy) is 1. The molecule has 2 unspecified atom stereocenters. The van der Waals surface area contributed by atoms with Crippen molar-refractivity contribution >= 4 is 5.97 Å². The minimum absolute atomic E-state index is 0.114. The highest BCUT2D eigenvalue weighted by atomic mass is 16.5. The van der Waals surface area contributed by atoms with Crippen molar-refractivity contribution in [2.45, 2.75) is 82.8 Å². The van der Waals surface area contributed by atoms with Gasteiger partial charge in [0.1, 0.15) is 5.54 Å². The normalized spacial score (nSPS) is 26.9. The molecular formula is C17H32N2O2. The van der Waals surface area contributed by atoms with Gasteiger partial charge in [0.2, 0.25) is 0 Å². The summed E-state index contributed by atoms with van der Waals surface area (Å²) in [6.45, 7) is 6.46. The molecule has 1 saturated carbocycles. The molecule has 1 heterocycles. The average molecular weight is 296 g/mol. The van der Waals surface area contributed by atoms with Gasteiger partial charge in [-0.3, -0.25) is 10.1 Å². The number of carbonyl (C=O) groups excluding carboxylic acids is 1. The third kappa shape index (κ3) is 4.68. The Bertz CT molecular complexity index is 344. The van der Waals surface area contributed by atoms with Gasteiger partial charge in [0.15, 0.2) is 0 Å². The van der Waals surface area contributed by atoms with Gasteiger partial charge in [-0.1, -0.05) is 19.8 Å². The summed E-state index contributed by atoms with van der Waals surface area (Å²) in [6, 6.07) is 1.20. The molecule has 2 fully saturated rings. The Morgan fingerprint density at radius 1 is 1.29 bits per heavy atom. The van der Waals surface area contributed by atoms with Crippen molar-refractivity contribution in [3.8, 4) is 0 Å². The van der Waals surface area contributed by atoms with E-state index in [4.69, 9.17) is 4.74 Å². The van der Waals surface area contributed by atoms with Gasteiger partial charge in [-0.25, -0.2) is 0 Å². The zero-order valence-electron chi connectivity index (χ0n) is 14.0. The van der Waals surface area contributed by atoms with Crippen LogP contribution in [0.15, 0.2) is 0 Å². The fourth-order valence-electron chi connectivity index (χ4n) is 3.50. The summed E-state index contributed by atoms with van der Waals surface area (Å²) in [5.41, 5.74) is -0.527. The van der Waals surface area contributed by atoms with E-state index >= 15 is 0 Å². The number of hydrogen-bond donors (Lipinski definition) is 1. The van der Waals surface area contributed by atoms with Crippen LogP contribution in [0.1, 0.15) is 65.2 Å². The van der Waals surface area contributed by atoms with E-state index in [-0.39, 0.29) is 5.97 Å². The van der Waals surface area contributed by atoms with Gasteiger partial charge in [-0.2, -0.15) is 0 Å². The summed E-state index contributed by atoms with van der Waals surface area (Å²) in [6.07, 6.45) is 9.73. The number of hydrogen-bond acceptors (Lipinski definition) is 4. The number of nitrogens with zero attached hydrogens (tertiary/aromatic N) is 1. The van der Waals surface area contributed by atoms with E-state index in [0.29, 0.717) is 12.1 Å². The van der Waals surface area contributed by atoms with Crippen molar-refractivity contribution in [1.29, 1.82) is 0 Å². The van der Waals surface area contributed by atoms with Gasteiger partial charge >= 0.3 is 5.97 Å². The van der Waals surface area contributed by atoms with Crippen molar-refractivity contribution in [2.24, 2.45) is 0 Å². The molecule has 0 aromatic carbocycles. The van der Waals surface area contributed by atoms with Crippen LogP contribution in [0.5, 0.6) is 0 Å². The first kappa shape index (κ1) is 16.8. The number of nitrogens with one attached hydrogen (secondary N) is 1. The van der Waals surface area contributed by atoms with Gasteiger partial charge in [-0.05, 0) is 52.0 Å². The van der Waals surface area contributed by atoms with Crippen LogP contribution in [0, 0.1) is 0 Å². The van der Waals surface area contributed by atoms with Gasteiger partial charge < -0.3 is 9.64 Å². The van der Waals surface area contributed by atoms with Crippen LogP contribution in [0.25, 0.3) is 0 Å². The topological polar surface area (TPSA) is 41.6 Å². The summed E-state index contributed by atoms with van der Waals surface area (Å²) < 4.78 is 5.04. The molecule has 1 N–H and O–H groups in total. The van der Waals surface area contributed by atoms with E-state index in [0.717, 1.165) is 13.0 Å². The lowest BCUT2D eigenvalue weighted by atomic mass is 9.96. The van der Waals surface area contributed by atoms with Crippen LogP contribution >= 0.6 is 0 Å². The van der Waals surface area contributed by atoms with Crippen molar-refractivity contribution in [3.63, 3.8) is 0 Å². The molecule has 1 aliphatic carbocycles. The molecule has 0 amide bonds. The summed E-state index contributed by atoms with van der Waals surface area (Å²) in [7, 11) is 1.50. The molecule has 21 heavy (non-hydrogen) atoms. The summed E-state index contributed by atoms with van der Waals surface area (Å²) >= 11 is 0. The predicted octanol–water partition coefficient (Wildman–Crippen LogP) is 2.71.